The predicted molar refractivity (Wildman–Crippen MR) is 139 cm³/mol. The lowest BCUT2D eigenvalue weighted by Gasteiger charge is -2.28. The monoisotopic (exact) mass is 465 g/mol. The lowest BCUT2D eigenvalue weighted by molar-refractivity contribution is -0.115. The van der Waals surface area contributed by atoms with Gasteiger partial charge in [0.1, 0.15) is 11.2 Å². The van der Waals surface area contributed by atoms with Gasteiger partial charge in [0.2, 0.25) is 5.91 Å². The van der Waals surface area contributed by atoms with Crippen LogP contribution < -0.4 is 10.2 Å². The van der Waals surface area contributed by atoms with E-state index in [9.17, 15) is 4.79 Å². The molecule has 6 rings (SSSR count). The third-order valence-corrected chi connectivity index (χ3v) is 6.65. The van der Waals surface area contributed by atoms with Crippen LogP contribution in [-0.4, -0.2) is 44.1 Å². The molecule has 0 bridgehead atoms. The molecule has 1 aliphatic heterocycles. The number of nitrogens with zero attached hydrogens (tertiary/aromatic N) is 4. The summed E-state index contributed by atoms with van der Waals surface area (Å²) in [5, 5.41) is 11.6. The van der Waals surface area contributed by atoms with Crippen LogP contribution in [0.4, 0.5) is 11.4 Å². The average molecular weight is 466 g/mol. The first-order chi connectivity index (χ1) is 17.2. The molecule has 5 aromatic rings. The van der Waals surface area contributed by atoms with E-state index < -0.39 is 0 Å². The van der Waals surface area contributed by atoms with E-state index >= 15 is 0 Å². The number of hydrogen-bond acceptors (Lipinski definition) is 5. The summed E-state index contributed by atoms with van der Waals surface area (Å²) in [6, 6.07) is 14.4. The number of fused-ring (bicyclic) bond motifs is 2. The number of aromatic nitrogens is 5. The fraction of sp³-hybridized carbons (Fsp3) is 0.259. The Morgan fingerprint density at radius 1 is 1.03 bits per heavy atom. The number of benzene rings is 2. The minimum atomic E-state index is -0.0367. The van der Waals surface area contributed by atoms with Crippen molar-refractivity contribution in [3.8, 4) is 22.6 Å². The molecule has 2 aromatic carbocycles. The lowest BCUT2D eigenvalue weighted by Crippen LogP contribution is -2.29. The summed E-state index contributed by atoms with van der Waals surface area (Å²) in [6.07, 6.45) is 7.62. The number of para-hydroxylation sites is 1. The fourth-order valence-electron chi connectivity index (χ4n) is 4.81. The van der Waals surface area contributed by atoms with E-state index in [0.29, 0.717) is 12.1 Å². The predicted octanol–water partition coefficient (Wildman–Crippen LogP) is 5.51. The molecular formula is C27H27N7O. The summed E-state index contributed by atoms with van der Waals surface area (Å²) in [7, 11) is 0. The summed E-state index contributed by atoms with van der Waals surface area (Å²) in [6.45, 7) is 3.97. The molecule has 0 atom stereocenters. The Hall–Kier alpha value is -4.20. The molecule has 0 aliphatic carbocycles. The third-order valence-electron chi connectivity index (χ3n) is 6.65. The average Bonchev–Trinajstić information content (AvgIpc) is 3.53. The maximum absolute atomic E-state index is 11.8. The zero-order chi connectivity index (χ0) is 23.8. The molecule has 0 spiro atoms. The van der Waals surface area contributed by atoms with Gasteiger partial charge in [0.05, 0.1) is 28.6 Å². The quantitative estimate of drug-likeness (QED) is 0.318. The molecule has 8 heteroatoms. The van der Waals surface area contributed by atoms with Crippen LogP contribution in [0.2, 0.25) is 0 Å². The number of H-pyrrole nitrogens is 2. The zero-order valence-electron chi connectivity index (χ0n) is 19.6. The van der Waals surface area contributed by atoms with Gasteiger partial charge in [-0.05, 0) is 55.2 Å². The molecule has 0 saturated carbocycles. The maximum Gasteiger partial charge on any atom is 0.224 e. The van der Waals surface area contributed by atoms with Crippen LogP contribution in [-0.2, 0) is 4.79 Å². The molecular weight excluding hydrogens is 438 g/mol. The first kappa shape index (κ1) is 21.3. The van der Waals surface area contributed by atoms with Crippen molar-refractivity contribution in [2.24, 2.45) is 0 Å². The second-order valence-corrected chi connectivity index (χ2v) is 9.00. The minimum absolute atomic E-state index is 0.0367. The van der Waals surface area contributed by atoms with Gasteiger partial charge in [0, 0.05) is 36.7 Å². The van der Waals surface area contributed by atoms with Gasteiger partial charge in [-0.25, -0.2) is 4.98 Å². The summed E-state index contributed by atoms with van der Waals surface area (Å²) in [5.41, 5.74) is 7.50. The second-order valence-electron chi connectivity index (χ2n) is 9.00. The Bertz CT molecular complexity index is 1530. The normalized spacial score (nSPS) is 14.0. The molecule has 1 aliphatic rings. The molecule has 1 saturated heterocycles. The minimum Gasteiger partial charge on any atom is -0.370 e. The molecule has 3 N–H and O–H groups in total. The highest BCUT2D eigenvalue weighted by atomic mass is 16.1. The van der Waals surface area contributed by atoms with Gasteiger partial charge in [-0.1, -0.05) is 19.1 Å². The number of imidazole rings is 1. The van der Waals surface area contributed by atoms with Crippen LogP contribution in [0.1, 0.15) is 32.6 Å². The summed E-state index contributed by atoms with van der Waals surface area (Å²) >= 11 is 0. The van der Waals surface area contributed by atoms with Crippen LogP contribution >= 0.6 is 0 Å². The van der Waals surface area contributed by atoms with E-state index in [4.69, 9.17) is 4.98 Å². The maximum atomic E-state index is 11.8. The van der Waals surface area contributed by atoms with Gasteiger partial charge in [-0.2, -0.15) is 5.10 Å². The standard InChI is InChI=1S/C27H27N7O/c1-2-24(35)29-19-13-18(15-28-16-19)17-9-10-21-20(14-17)25(33-32-21)27-30-22-7-6-8-23(26(22)31-27)34-11-4-3-5-12-34/h6-10,13-16H,2-5,11-12H2,1H3,(H,29,35)(H,30,31)(H,32,33). The van der Waals surface area contributed by atoms with Crippen LogP contribution in [0.25, 0.3) is 44.6 Å². The number of piperidine rings is 1. The number of pyridine rings is 1. The molecule has 1 fully saturated rings. The molecule has 35 heavy (non-hydrogen) atoms. The van der Waals surface area contributed by atoms with Crippen molar-refractivity contribution < 1.29 is 4.79 Å². The SMILES string of the molecule is CCC(=O)Nc1cncc(-c2ccc3[nH]nc(-c4nc5c(N6CCCCC6)cccc5[nH]4)c3c2)c1. The number of amides is 1. The van der Waals surface area contributed by atoms with E-state index in [1.807, 2.05) is 25.1 Å². The zero-order valence-corrected chi connectivity index (χ0v) is 19.6. The largest absolute Gasteiger partial charge is 0.370 e. The Balaban J connectivity index is 1.39. The van der Waals surface area contributed by atoms with Crippen LogP contribution in [0.5, 0.6) is 0 Å². The van der Waals surface area contributed by atoms with Crippen molar-refractivity contribution in [2.75, 3.05) is 23.3 Å². The van der Waals surface area contributed by atoms with Gasteiger partial charge in [-0.15, -0.1) is 0 Å². The van der Waals surface area contributed by atoms with Gasteiger partial charge >= 0.3 is 0 Å². The molecule has 0 unspecified atom stereocenters. The van der Waals surface area contributed by atoms with Crippen LogP contribution in [0, 0.1) is 0 Å². The Morgan fingerprint density at radius 2 is 1.91 bits per heavy atom. The molecule has 176 valence electrons. The molecule has 1 amide bonds. The summed E-state index contributed by atoms with van der Waals surface area (Å²) in [5.74, 6) is 0.709. The smallest absolute Gasteiger partial charge is 0.224 e. The van der Waals surface area contributed by atoms with E-state index in [1.165, 1.54) is 24.9 Å². The molecule has 8 nitrogen and oxygen atoms in total. The topological polar surface area (TPSA) is 103 Å². The number of carbonyl (C=O) groups excluding carboxylic acids is 1. The van der Waals surface area contributed by atoms with E-state index in [1.54, 1.807) is 12.4 Å². The summed E-state index contributed by atoms with van der Waals surface area (Å²) < 4.78 is 0. The summed E-state index contributed by atoms with van der Waals surface area (Å²) in [4.78, 5) is 27.0. The fourth-order valence-corrected chi connectivity index (χ4v) is 4.81. The van der Waals surface area contributed by atoms with Gasteiger partial charge in [0.15, 0.2) is 5.82 Å². The highest BCUT2D eigenvalue weighted by Crippen LogP contribution is 2.33. The van der Waals surface area contributed by atoms with Crippen molar-refractivity contribution in [1.29, 1.82) is 0 Å². The van der Waals surface area contributed by atoms with E-state index in [-0.39, 0.29) is 5.91 Å². The Morgan fingerprint density at radius 3 is 2.77 bits per heavy atom. The highest BCUT2D eigenvalue weighted by Gasteiger charge is 2.18. The number of anilines is 2. The molecule has 4 heterocycles. The first-order valence-corrected chi connectivity index (χ1v) is 12.2. The van der Waals surface area contributed by atoms with Gasteiger partial charge in [-0.3, -0.25) is 14.9 Å². The van der Waals surface area contributed by atoms with E-state index in [0.717, 1.165) is 57.7 Å². The van der Waals surface area contributed by atoms with Crippen LogP contribution in [0.15, 0.2) is 54.9 Å². The second kappa shape index (κ2) is 8.87. The third kappa shape index (κ3) is 4.01. The van der Waals surface area contributed by atoms with Crippen LogP contribution in [0.3, 0.4) is 0 Å². The number of aromatic amines is 2. The van der Waals surface area contributed by atoms with Gasteiger partial charge < -0.3 is 15.2 Å². The Labute approximate surface area is 202 Å². The number of carbonyl (C=O) groups is 1. The first-order valence-electron chi connectivity index (χ1n) is 12.2. The van der Waals surface area contributed by atoms with Gasteiger partial charge in [0.25, 0.3) is 0 Å². The van der Waals surface area contributed by atoms with E-state index in [2.05, 4.69) is 54.6 Å². The number of rotatable bonds is 5. The number of hydrogen-bond donors (Lipinski definition) is 3. The molecule has 0 radical (unpaired) electrons. The highest BCUT2D eigenvalue weighted by molar-refractivity contribution is 5.98. The van der Waals surface area contributed by atoms with Crippen molar-refractivity contribution in [1.82, 2.24) is 25.1 Å². The van der Waals surface area contributed by atoms with Crippen molar-refractivity contribution in [3.05, 3.63) is 54.9 Å². The molecule has 3 aromatic heterocycles. The lowest BCUT2D eigenvalue weighted by atomic mass is 10.0. The van der Waals surface area contributed by atoms with Crippen molar-refractivity contribution >= 4 is 39.2 Å². The number of nitrogens with one attached hydrogen (secondary N) is 3. The Kier molecular flexibility index (Phi) is 5.41. The van der Waals surface area contributed by atoms with Crippen molar-refractivity contribution in [2.45, 2.75) is 32.6 Å². The van der Waals surface area contributed by atoms with Crippen molar-refractivity contribution in [3.63, 3.8) is 0 Å².